The Hall–Kier alpha value is 3.16. The molecule has 0 aliphatic carbocycles. The fourth-order valence-electron chi connectivity index (χ4n) is 0. The van der Waals surface area contributed by atoms with Gasteiger partial charge >= 0.3 is 92.4 Å². The second-order valence-electron chi connectivity index (χ2n) is 0.447. The van der Waals surface area contributed by atoms with Gasteiger partial charge in [-0.15, -0.1) is 0 Å². The Morgan fingerprint density at radius 1 is 1.12 bits per heavy atom. The second kappa shape index (κ2) is 10.2. The molecule has 8 heteroatoms. The minimum Gasteiger partial charge on any atom is -0.822 e. The zero-order valence-corrected chi connectivity index (χ0v) is 12.6. The fourth-order valence-corrected chi connectivity index (χ4v) is 0. The molecule has 2 radical (unpaired) electrons. The van der Waals surface area contributed by atoms with Gasteiger partial charge in [0.2, 0.25) is 0 Å². The van der Waals surface area contributed by atoms with E-state index in [1.54, 1.807) is 0 Å². The average Bonchev–Trinajstić information content (AvgIpc) is 0.722. The molecule has 0 aromatic heterocycles. The Morgan fingerprint density at radius 2 is 1.12 bits per heavy atom. The van der Waals surface area contributed by atoms with Crippen LogP contribution in [0.15, 0.2) is 0 Å². The van der Waals surface area contributed by atoms with E-state index < -0.39 is 7.82 Å². The topological polar surface area (TPSA) is 86.2 Å². The maximum absolute atomic E-state index is 8.55. The van der Waals surface area contributed by atoms with Crippen LogP contribution in [-0.2, 0) is 4.57 Å². The van der Waals surface area contributed by atoms with Crippen molar-refractivity contribution in [1.82, 2.24) is 0 Å². The first-order valence-electron chi connectivity index (χ1n) is 0.730. The Morgan fingerprint density at radius 3 is 1.12 bits per heavy atom. The van der Waals surface area contributed by atoms with E-state index in [0.29, 0.717) is 0 Å². The number of rotatable bonds is 0. The van der Waals surface area contributed by atoms with E-state index in [9.17, 15) is 0 Å². The van der Waals surface area contributed by atoms with E-state index >= 15 is 0 Å². The van der Waals surface area contributed by atoms with Crippen LogP contribution in [-0.4, -0.2) is 92.4 Å². The van der Waals surface area contributed by atoms with Crippen LogP contribution >= 0.6 is 7.82 Å². The largest absolute Gasteiger partial charge is 2.00 e. The van der Waals surface area contributed by atoms with Crippen molar-refractivity contribution < 1.29 is 19.2 Å². The van der Waals surface area contributed by atoms with E-state index in [2.05, 4.69) is 0 Å². The third-order valence-electron chi connectivity index (χ3n) is 0. The molecular formula is MgO4PSnSr+3. The van der Waals surface area contributed by atoms with Crippen LogP contribution in [0.3, 0.4) is 0 Å². The maximum atomic E-state index is 8.55. The van der Waals surface area contributed by atoms with Crippen molar-refractivity contribution in [2.24, 2.45) is 0 Å². The molecule has 0 aliphatic heterocycles. The summed E-state index contributed by atoms with van der Waals surface area (Å²) < 4.78 is 8.55. The first-order valence-corrected chi connectivity index (χ1v) is 2.19. The molecule has 0 amide bonds. The summed E-state index contributed by atoms with van der Waals surface area (Å²) in [6.45, 7) is 0. The summed E-state index contributed by atoms with van der Waals surface area (Å²) in [5.74, 6) is 0. The monoisotopic (exact) mass is 327 g/mol. The van der Waals surface area contributed by atoms with Gasteiger partial charge in [-0.25, -0.2) is 0 Å². The van der Waals surface area contributed by atoms with Crippen molar-refractivity contribution in [3.8, 4) is 0 Å². The first kappa shape index (κ1) is 22.5. The Kier molecular flexibility index (Phi) is 28.5. The summed E-state index contributed by atoms with van der Waals surface area (Å²) in [7, 11) is -5.39. The smallest absolute Gasteiger partial charge is 0.822 e. The summed E-state index contributed by atoms with van der Waals surface area (Å²) >= 11 is 0. The molecule has 8 heavy (non-hydrogen) atoms. The van der Waals surface area contributed by atoms with E-state index in [4.69, 9.17) is 19.2 Å². The van der Waals surface area contributed by atoms with Gasteiger partial charge in [0.05, 0.1) is 0 Å². The molecule has 0 fully saturated rings. The molecule has 0 aromatic carbocycles. The summed E-state index contributed by atoms with van der Waals surface area (Å²) in [5, 5.41) is 0. The van der Waals surface area contributed by atoms with Gasteiger partial charge in [-0.05, 0) is 0 Å². The van der Waals surface area contributed by atoms with Crippen molar-refractivity contribution in [2.45, 2.75) is 0 Å². The quantitative estimate of drug-likeness (QED) is 0.336. The van der Waals surface area contributed by atoms with Crippen LogP contribution in [0.25, 0.3) is 0 Å². The van der Waals surface area contributed by atoms with Gasteiger partial charge in [0, 0.05) is 0 Å². The molecule has 4 nitrogen and oxygen atoms in total. The zero-order valence-electron chi connectivity index (χ0n) is 3.99. The van der Waals surface area contributed by atoms with Crippen molar-refractivity contribution in [3.05, 3.63) is 0 Å². The zero-order chi connectivity index (χ0) is 4.50. The molecule has 34 valence electrons. The van der Waals surface area contributed by atoms with Gasteiger partial charge in [0.1, 0.15) is 0 Å². The second-order valence-corrected chi connectivity index (χ2v) is 1.34. The number of phosphoric acid groups is 1. The summed E-state index contributed by atoms with van der Waals surface area (Å²) in [6, 6.07) is 0. The van der Waals surface area contributed by atoms with Gasteiger partial charge in [0.25, 0.3) is 0 Å². The van der Waals surface area contributed by atoms with Crippen LogP contribution in [0.4, 0.5) is 0 Å². The van der Waals surface area contributed by atoms with Gasteiger partial charge in [-0.3, -0.25) is 0 Å². The molecule has 0 rings (SSSR count). The third kappa shape index (κ3) is 61.2. The van der Waals surface area contributed by atoms with Gasteiger partial charge in [-0.1, -0.05) is 0 Å². The summed E-state index contributed by atoms with van der Waals surface area (Å²) in [6.07, 6.45) is 0. The molecule has 0 aromatic rings. The van der Waals surface area contributed by atoms with Gasteiger partial charge in [-0.2, -0.15) is 7.82 Å². The first-order chi connectivity index (χ1) is 2.00. The van der Waals surface area contributed by atoms with E-state index in [1.165, 1.54) is 0 Å². The normalized spacial score (nSPS) is 7.38. The standard InChI is InChI=1S/Mg.H3O4P.Sn.Sr/c;1-5(2,3)4;;/h;(H3,1,2,3,4);;/q+2;;2*+2/p-3. The minimum atomic E-state index is -5.39. The SMILES string of the molecule is O=P([O-])([O-])[O-].[Mg+2].[Sn+2].[Sr+2]. The van der Waals surface area contributed by atoms with E-state index in [0.717, 1.165) is 0 Å². The van der Waals surface area contributed by atoms with Crippen LogP contribution in [0, 0.1) is 0 Å². The number of hydrogen-bond acceptors (Lipinski definition) is 4. The van der Waals surface area contributed by atoms with Crippen molar-refractivity contribution >= 4 is 100 Å². The minimum absolute atomic E-state index is 0. The molecule has 0 atom stereocenters. The van der Waals surface area contributed by atoms with Gasteiger partial charge in [0.15, 0.2) is 0 Å². The Bertz CT molecular complexity index is 62.2. The Balaban J connectivity index is -0.0000000267. The Labute approximate surface area is 117 Å². The molecular weight excluding hydrogens is 326 g/mol. The van der Waals surface area contributed by atoms with Crippen LogP contribution in [0.2, 0.25) is 0 Å². The van der Waals surface area contributed by atoms with Crippen molar-refractivity contribution in [3.63, 3.8) is 0 Å². The molecule has 0 saturated heterocycles. The van der Waals surface area contributed by atoms with Crippen LogP contribution < -0.4 is 14.7 Å². The predicted molar refractivity (Wildman–Crippen MR) is 24.9 cm³/mol. The van der Waals surface area contributed by atoms with E-state index in [1.807, 2.05) is 0 Å². The van der Waals surface area contributed by atoms with Crippen LogP contribution in [0.5, 0.6) is 0 Å². The molecule has 0 aliphatic rings. The fraction of sp³-hybridized carbons (Fsp3) is 0. The third-order valence-corrected chi connectivity index (χ3v) is 0. The summed E-state index contributed by atoms with van der Waals surface area (Å²) in [5.41, 5.74) is 0. The van der Waals surface area contributed by atoms with Gasteiger partial charge < -0.3 is 19.2 Å². The molecule has 0 heterocycles. The number of hydrogen-bond donors (Lipinski definition) is 0. The van der Waals surface area contributed by atoms with Crippen LogP contribution in [0.1, 0.15) is 0 Å². The molecule has 0 unspecified atom stereocenters. The maximum Gasteiger partial charge on any atom is 2.00 e. The molecule has 0 spiro atoms. The molecule has 0 N–H and O–H groups in total. The molecule has 0 bridgehead atoms. The van der Waals surface area contributed by atoms with E-state index in [-0.39, 0.29) is 92.4 Å². The molecule has 0 saturated carbocycles. The van der Waals surface area contributed by atoms with Crippen molar-refractivity contribution in [1.29, 1.82) is 0 Å². The average molecular weight is 326 g/mol. The predicted octanol–water partition coefficient (Wildman–Crippen LogP) is -3.97. The summed E-state index contributed by atoms with van der Waals surface area (Å²) in [4.78, 5) is 25.6. The van der Waals surface area contributed by atoms with Crippen molar-refractivity contribution in [2.75, 3.05) is 0 Å².